The third kappa shape index (κ3) is 1.71. The van der Waals surface area contributed by atoms with Crippen LogP contribution in [0.4, 0.5) is 0 Å². The minimum absolute atomic E-state index is 0.0805. The Hall–Kier alpha value is -1.81. The summed E-state index contributed by atoms with van der Waals surface area (Å²) in [5.41, 5.74) is 7.90. The number of aryl methyl sites for hydroxylation is 1. The zero-order valence-electron chi connectivity index (χ0n) is 8.53. The summed E-state index contributed by atoms with van der Waals surface area (Å²) in [6.45, 7) is 2.25. The van der Waals surface area contributed by atoms with Crippen LogP contribution in [-0.4, -0.2) is 9.78 Å². The quantitative estimate of drug-likeness (QED) is 0.762. The van der Waals surface area contributed by atoms with Gasteiger partial charge in [0.1, 0.15) is 0 Å². The molecule has 3 N–H and O–H groups in total. The van der Waals surface area contributed by atoms with Gasteiger partial charge in [-0.1, -0.05) is 12.1 Å². The molecular formula is C11H13N3O. The van der Waals surface area contributed by atoms with Gasteiger partial charge in [0.05, 0.1) is 11.3 Å². The second-order valence-electron chi connectivity index (χ2n) is 3.48. The highest BCUT2D eigenvalue weighted by atomic mass is 16.1. The number of nitrogens with one attached hydrogen (secondary N) is 1. The summed E-state index contributed by atoms with van der Waals surface area (Å²) in [5, 5.41) is 2.89. The van der Waals surface area contributed by atoms with Gasteiger partial charge in [-0.2, -0.15) is 0 Å². The van der Waals surface area contributed by atoms with E-state index in [0.717, 1.165) is 11.3 Å². The average Bonchev–Trinajstić information content (AvgIpc) is 2.59. The summed E-state index contributed by atoms with van der Waals surface area (Å²) in [6, 6.07) is 7.73. The van der Waals surface area contributed by atoms with Gasteiger partial charge in [-0.25, -0.2) is 4.68 Å². The Kier molecular flexibility index (Phi) is 2.43. The van der Waals surface area contributed by atoms with Crippen molar-refractivity contribution in [1.82, 2.24) is 9.78 Å². The molecule has 0 fully saturated rings. The lowest BCUT2D eigenvalue weighted by Crippen LogP contribution is -2.19. The Bertz CT molecular complexity index is 525. The molecule has 4 heteroatoms. The van der Waals surface area contributed by atoms with Crippen LogP contribution in [0.5, 0.6) is 0 Å². The number of H-pyrrole nitrogens is 1. The SMILES string of the molecule is Cc1cccc(-n2[nH]cc(CN)c2=O)c1. The second-order valence-corrected chi connectivity index (χ2v) is 3.48. The predicted molar refractivity (Wildman–Crippen MR) is 59.0 cm³/mol. The van der Waals surface area contributed by atoms with Crippen LogP contribution < -0.4 is 11.3 Å². The molecular weight excluding hydrogens is 190 g/mol. The molecule has 0 unspecified atom stereocenters. The Morgan fingerprint density at radius 3 is 2.87 bits per heavy atom. The Labute approximate surface area is 87.3 Å². The van der Waals surface area contributed by atoms with Crippen LogP contribution >= 0.6 is 0 Å². The van der Waals surface area contributed by atoms with Gasteiger partial charge in [0, 0.05) is 12.7 Å². The fraction of sp³-hybridized carbons (Fsp3) is 0.182. The van der Waals surface area contributed by atoms with Gasteiger partial charge in [0.15, 0.2) is 0 Å². The number of aromatic nitrogens is 2. The van der Waals surface area contributed by atoms with E-state index in [1.54, 1.807) is 6.20 Å². The van der Waals surface area contributed by atoms with E-state index >= 15 is 0 Å². The fourth-order valence-electron chi connectivity index (χ4n) is 1.51. The Morgan fingerprint density at radius 2 is 2.27 bits per heavy atom. The molecule has 0 saturated carbocycles. The van der Waals surface area contributed by atoms with Crippen molar-refractivity contribution in [3.63, 3.8) is 0 Å². The maximum absolute atomic E-state index is 11.8. The van der Waals surface area contributed by atoms with Crippen LogP contribution in [-0.2, 0) is 6.54 Å². The van der Waals surface area contributed by atoms with E-state index < -0.39 is 0 Å². The van der Waals surface area contributed by atoms with Crippen molar-refractivity contribution < 1.29 is 0 Å². The lowest BCUT2D eigenvalue weighted by atomic mass is 10.2. The maximum atomic E-state index is 11.8. The standard InChI is InChI=1S/C11H13N3O/c1-8-3-2-4-10(5-8)14-11(15)9(6-12)7-13-14/h2-5,7,13H,6,12H2,1H3. The molecule has 2 rings (SSSR count). The normalized spacial score (nSPS) is 10.5. The van der Waals surface area contributed by atoms with E-state index in [9.17, 15) is 4.79 Å². The van der Waals surface area contributed by atoms with Crippen molar-refractivity contribution in [2.75, 3.05) is 0 Å². The molecule has 2 aromatic rings. The molecule has 4 nitrogen and oxygen atoms in total. The summed E-state index contributed by atoms with van der Waals surface area (Å²) in [4.78, 5) is 11.8. The van der Waals surface area contributed by atoms with Gasteiger partial charge in [0.25, 0.3) is 5.56 Å². The average molecular weight is 203 g/mol. The van der Waals surface area contributed by atoms with Crippen LogP contribution in [0.1, 0.15) is 11.1 Å². The zero-order chi connectivity index (χ0) is 10.8. The first-order chi connectivity index (χ1) is 7.22. The van der Waals surface area contributed by atoms with Crippen LogP contribution in [0, 0.1) is 6.92 Å². The van der Waals surface area contributed by atoms with Gasteiger partial charge in [-0.15, -0.1) is 0 Å². The first kappa shape index (κ1) is 9.73. The molecule has 78 valence electrons. The van der Waals surface area contributed by atoms with Crippen LogP contribution in [0.15, 0.2) is 35.3 Å². The number of nitrogens with zero attached hydrogens (tertiary/aromatic N) is 1. The topological polar surface area (TPSA) is 63.8 Å². The second kappa shape index (κ2) is 3.74. The summed E-state index contributed by atoms with van der Waals surface area (Å²) >= 11 is 0. The third-order valence-electron chi connectivity index (χ3n) is 2.33. The highest BCUT2D eigenvalue weighted by Gasteiger charge is 2.05. The van der Waals surface area contributed by atoms with E-state index in [-0.39, 0.29) is 12.1 Å². The van der Waals surface area contributed by atoms with Gasteiger partial charge >= 0.3 is 0 Å². The molecule has 0 aliphatic heterocycles. The highest BCUT2D eigenvalue weighted by molar-refractivity contribution is 5.35. The van der Waals surface area contributed by atoms with Crippen molar-refractivity contribution in [1.29, 1.82) is 0 Å². The van der Waals surface area contributed by atoms with E-state index in [1.165, 1.54) is 4.68 Å². The molecule has 0 aliphatic rings. The van der Waals surface area contributed by atoms with Crippen molar-refractivity contribution >= 4 is 0 Å². The predicted octanol–water partition coefficient (Wildman–Crippen LogP) is 0.933. The summed E-state index contributed by atoms with van der Waals surface area (Å²) in [6.07, 6.45) is 1.64. The lowest BCUT2D eigenvalue weighted by molar-refractivity contribution is 0.844. The molecule has 0 spiro atoms. The monoisotopic (exact) mass is 203 g/mol. The van der Waals surface area contributed by atoms with Gasteiger partial charge < -0.3 is 5.73 Å². The highest BCUT2D eigenvalue weighted by Crippen LogP contribution is 2.06. The fourth-order valence-corrected chi connectivity index (χ4v) is 1.51. The molecule has 0 bridgehead atoms. The molecule has 1 heterocycles. The van der Waals surface area contributed by atoms with Crippen LogP contribution in [0.25, 0.3) is 5.69 Å². The van der Waals surface area contributed by atoms with Crippen molar-refractivity contribution in [2.45, 2.75) is 13.5 Å². The minimum atomic E-state index is -0.0805. The van der Waals surface area contributed by atoms with E-state index in [4.69, 9.17) is 5.73 Å². The number of benzene rings is 1. The van der Waals surface area contributed by atoms with Crippen LogP contribution in [0.3, 0.4) is 0 Å². The molecule has 1 aromatic carbocycles. The third-order valence-corrected chi connectivity index (χ3v) is 2.33. The minimum Gasteiger partial charge on any atom is -0.326 e. The Morgan fingerprint density at radius 1 is 1.47 bits per heavy atom. The van der Waals surface area contributed by atoms with E-state index in [0.29, 0.717) is 5.56 Å². The van der Waals surface area contributed by atoms with Crippen molar-refractivity contribution in [3.8, 4) is 5.69 Å². The molecule has 0 aliphatic carbocycles. The van der Waals surface area contributed by atoms with Gasteiger partial charge in [-0.05, 0) is 24.6 Å². The number of rotatable bonds is 2. The van der Waals surface area contributed by atoms with Gasteiger partial charge in [0.2, 0.25) is 0 Å². The molecule has 15 heavy (non-hydrogen) atoms. The molecule has 0 radical (unpaired) electrons. The summed E-state index contributed by atoms with van der Waals surface area (Å²) in [7, 11) is 0. The zero-order valence-corrected chi connectivity index (χ0v) is 8.53. The molecule has 0 atom stereocenters. The molecule has 0 amide bonds. The van der Waals surface area contributed by atoms with Crippen molar-refractivity contribution in [2.24, 2.45) is 5.73 Å². The first-order valence-corrected chi connectivity index (χ1v) is 4.79. The number of aromatic amines is 1. The van der Waals surface area contributed by atoms with E-state index in [2.05, 4.69) is 5.10 Å². The van der Waals surface area contributed by atoms with E-state index in [1.807, 2.05) is 31.2 Å². The Balaban J connectivity index is 2.55. The number of nitrogens with two attached hydrogens (primary N) is 1. The summed E-state index contributed by atoms with van der Waals surface area (Å²) in [5.74, 6) is 0. The maximum Gasteiger partial charge on any atom is 0.275 e. The van der Waals surface area contributed by atoms with Gasteiger partial charge in [-0.3, -0.25) is 9.89 Å². The lowest BCUT2D eigenvalue weighted by Gasteiger charge is -2.01. The largest absolute Gasteiger partial charge is 0.326 e. The summed E-state index contributed by atoms with van der Waals surface area (Å²) < 4.78 is 1.50. The molecule has 1 aromatic heterocycles. The van der Waals surface area contributed by atoms with Crippen molar-refractivity contribution in [3.05, 3.63) is 51.9 Å². The smallest absolute Gasteiger partial charge is 0.275 e. The van der Waals surface area contributed by atoms with Crippen LogP contribution in [0.2, 0.25) is 0 Å². The first-order valence-electron chi connectivity index (χ1n) is 4.79. The molecule has 0 saturated heterocycles. The number of hydrogen-bond donors (Lipinski definition) is 2. The number of hydrogen-bond acceptors (Lipinski definition) is 2.